The van der Waals surface area contributed by atoms with Gasteiger partial charge in [0, 0.05) is 12.6 Å². The Morgan fingerprint density at radius 1 is 1.21 bits per heavy atom. The first kappa shape index (κ1) is 16.4. The number of hydrogen-bond donors (Lipinski definition) is 1. The first-order chi connectivity index (χ1) is 9.27. The number of nitrogens with one attached hydrogen (secondary N) is 1. The van der Waals surface area contributed by atoms with Crippen molar-refractivity contribution in [3.63, 3.8) is 0 Å². The molecule has 0 saturated heterocycles. The predicted octanol–water partition coefficient (Wildman–Crippen LogP) is 2.66. The lowest BCUT2D eigenvalue weighted by molar-refractivity contribution is -0.144. The summed E-state index contributed by atoms with van der Waals surface area (Å²) < 4.78 is 10.4. The zero-order chi connectivity index (χ0) is 13.9. The smallest absolute Gasteiger partial charge is 0.325 e. The van der Waals surface area contributed by atoms with Crippen LogP contribution < -0.4 is 5.32 Å². The summed E-state index contributed by atoms with van der Waals surface area (Å²) in [6.07, 6.45) is 9.85. The van der Waals surface area contributed by atoms with Crippen LogP contribution in [0.15, 0.2) is 0 Å². The van der Waals surface area contributed by atoms with Crippen molar-refractivity contribution < 1.29 is 14.3 Å². The molecule has 112 valence electrons. The Morgan fingerprint density at radius 3 is 2.53 bits per heavy atom. The molecular formula is C15H29NO3. The Hall–Kier alpha value is -0.610. The van der Waals surface area contributed by atoms with E-state index < -0.39 is 0 Å². The molecule has 0 radical (unpaired) electrons. The van der Waals surface area contributed by atoms with Gasteiger partial charge in [-0.1, -0.05) is 39.0 Å². The summed E-state index contributed by atoms with van der Waals surface area (Å²) in [6.45, 7) is 3.40. The number of ether oxygens (including phenoxy) is 2. The maximum absolute atomic E-state index is 11.5. The number of carbonyl (C=O) groups is 1. The molecule has 1 N–H and O–H groups in total. The minimum Gasteiger partial charge on any atom is -0.468 e. The van der Waals surface area contributed by atoms with Gasteiger partial charge in [0.2, 0.25) is 0 Å². The molecule has 1 saturated carbocycles. The Labute approximate surface area is 117 Å². The largest absolute Gasteiger partial charge is 0.468 e. The summed E-state index contributed by atoms with van der Waals surface area (Å²) >= 11 is 0. The summed E-state index contributed by atoms with van der Waals surface area (Å²) in [5.41, 5.74) is 0. The standard InChI is InChI=1S/C15H29NO3/c1-3-4-5-6-7-8-11-19-12-14(15(17)18-2)16-13-9-10-13/h13-14,16H,3-12H2,1-2H3. The quantitative estimate of drug-likeness (QED) is 0.438. The van der Waals surface area contributed by atoms with Gasteiger partial charge in [-0.3, -0.25) is 10.1 Å². The van der Waals surface area contributed by atoms with Crippen LogP contribution in [0.4, 0.5) is 0 Å². The van der Waals surface area contributed by atoms with E-state index in [1.807, 2.05) is 0 Å². The second kappa shape index (κ2) is 10.2. The highest BCUT2D eigenvalue weighted by Gasteiger charge is 2.28. The topological polar surface area (TPSA) is 47.6 Å². The molecule has 4 heteroatoms. The van der Waals surface area contributed by atoms with E-state index in [1.165, 1.54) is 39.2 Å². The average molecular weight is 271 g/mol. The van der Waals surface area contributed by atoms with Gasteiger partial charge in [-0.05, 0) is 19.3 Å². The van der Waals surface area contributed by atoms with Crippen LogP contribution in [0.5, 0.6) is 0 Å². The molecule has 1 rings (SSSR count). The van der Waals surface area contributed by atoms with Gasteiger partial charge in [-0.2, -0.15) is 0 Å². The normalized spacial score (nSPS) is 16.3. The molecular weight excluding hydrogens is 242 g/mol. The zero-order valence-corrected chi connectivity index (χ0v) is 12.5. The number of hydrogen-bond acceptors (Lipinski definition) is 4. The van der Waals surface area contributed by atoms with Gasteiger partial charge < -0.3 is 9.47 Å². The summed E-state index contributed by atoms with van der Waals surface area (Å²) in [5.74, 6) is -0.213. The van der Waals surface area contributed by atoms with Crippen LogP contribution in [-0.2, 0) is 14.3 Å². The van der Waals surface area contributed by atoms with E-state index in [4.69, 9.17) is 9.47 Å². The molecule has 1 fully saturated rings. The third-order valence-corrected chi connectivity index (χ3v) is 3.43. The maximum atomic E-state index is 11.5. The molecule has 4 nitrogen and oxygen atoms in total. The van der Waals surface area contributed by atoms with E-state index in [9.17, 15) is 4.79 Å². The lowest BCUT2D eigenvalue weighted by Crippen LogP contribution is -2.42. The number of esters is 1. The molecule has 1 unspecified atom stereocenters. The Balaban J connectivity index is 1.99. The van der Waals surface area contributed by atoms with E-state index in [0.717, 1.165) is 25.9 Å². The number of carbonyl (C=O) groups excluding carboxylic acids is 1. The minimum atomic E-state index is -0.294. The SMILES string of the molecule is CCCCCCCCOCC(NC1CC1)C(=O)OC. The summed E-state index contributed by atoms with van der Waals surface area (Å²) in [7, 11) is 1.43. The van der Waals surface area contributed by atoms with Crippen LogP contribution in [0.1, 0.15) is 58.3 Å². The predicted molar refractivity (Wildman–Crippen MR) is 76.2 cm³/mol. The maximum Gasteiger partial charge on any atom is 0.325 e. The molecule has 19 heavy (non-hydrogen) atoms. The van der Waals surface area contributed by atoms with Gasteiger partial charge in [0.15, 0.2) is 0 Å². The molecule has 1 aliphatic rings. The van der Waals surface area contributed by atoms with Crippen molar-refractivity contribution in [2.75, 3.05) is 20.3 Å². The van der Waals surface area contributed by atoms with Crippen LogP contribution in [0.2, 0.25) is 0 Å². The van der Waals surface area contributed by atoms with Crippen LogP contribution in [0, 0.1) is 0 Å². The molecule has 0 amide bonds. The number of rotatable bonds is 12. The van der Waals surface area contributed by atoms with E-state index >= 15 is 0 Å². The fourth-order valence-electron chi connectivity index (χ4n) is 2.05. The van der Waals surface area contributed by atoms with E-state index in [1.54, 1.807) is 0 Å². The highest BCUT2D eigenvalue weighted by molar-refractivity contribution is 5.75. The highest BCUT2D eigenvalue weighted by atomic mass is 16.5. The first-order valence-electron chi connectivity index (χ1n) is 7.69. The van der Waals surface area contributed by atoms with E-state index in [-0.39, 0.29) is 12.0 Å². The van der Waals surface area contributed by atoms with Crippen molar-refractivity contribution in [3.05, 3.63) is 0 Å². The molecule has 0 aliphatic heterocycles. The number of unbranched alkanes of at least 4 members (excludes halogenated alkanes) is 5. The molecule has 0 aromatic rings. The van der Waals surface area contributed by atoms with Crippen LogP contribution in [0.25, 0.3) is 0 Å². The van der Waals surface area contributed by atoms with Crippen molar-refractivity contribution in [1.29, 1.82) is 0 Å². The van der Waals surface area contributed by atoms with Gasteiger partial charge in [0.1, 0.15) is 6.04 Å². The van der Waals surface area contributed by atoms with Crippen molar-refractivity contribution in [2.24, 2.45) is 0 Å². The van der Waals surface area contributed by atoms with Crippen molar-refractivity contribution in [1.82, 2.24) is 5.32 Å². The third kappa shape index (κ3) is 8.22. The first-order valence-corrected chi connectivity index (χ1v) is 7.69. The van der Waals surface area contributed by atoms with Crippen molar-refractivity contribution >= 4 is 5.97 Å². The van der Waals surface area contributed by atoms with Gasteiger partial charge in [-0.15, -0.1) is 0 Å². The van der Waals surface area contributed by atoms with Crippen molar-refractivity contribution in [3.8, 4) is 0 Å². The van der Waals surface area contributed by atoms with Crippen LogP contribution >= 0.6 is 0 Å². The highest BCUT2D eigenvalue weighted by Crippen LogP contribution is 2.19. The van der Waals surface area contributed by atoms with Gasteiger partial charge in [-0.25, -0.2) is 0 Å². The summed E-state index contributed by atoms with van der Waals surface area (Å²) in [6, 6.07) is 0.194. The van der Waals surface area contributed by atoms with E-state index in [2.05, 4.69) is 12.2 Å². The van der Waals surface area contributed by atoms with Crippen molar-refractivity contribution in [2.45, 2.75) is 70.4 Å². The lowest BCUT2D eigenvalue weighted by atomic mass is 10.1. The second-order valence-electron chi connectivity index (χ2n) is 5.36. The van der Waals surface area contributed by atoms with E-state index in [0.29, 0.717) is 12.6 Å². The van der Waals surface area contributed by atoms with Gasteiger partial charge >= 0.3 is 5.97 Å². The van der Waals surface area contributed by atoms with Gasteiger partial charge in [0.05, 0.1) is 13.7 Å². The fourth-order valence-corrected chi connectivity index (χ4v) is 2.05. The molecule has 0 spiro atoms. The molecule has 0 aromatic heterocycles. The molecule has 1 atom stereocenters. The third-order valence-electron chi connectivity index (χ3n) is 3.43. The zero-order valence-electron chi connectivity index (χ0n) is 12.5. The Kier molecular flexibility index (Phi) is 8.84. The molecule has 0 heterocycles. The molecule has 0 aromatic carbocycles. The molecule has 1 aliphatic carbocycles. The minimum absolute atomic E-state index is 0.213. The van der Waals surface area contributed by atoms with Crippen LogP contribution in [0.3, 0.4) is 0 Å². The number of methoxy groups -OCH3 is 1. The average Bonchev–Trinajstić information content (AvgIpc) is 3.23. The Bertz CT molecular complexity index is 242. The monoisotopic (exact) mass is 271 g/mol. The summed E-state index contributed by atoms with van der Waals surface area (Å²) in [5, 5.41) is 3.26. The van der Waals surface area contributed by atoms with Crippen LogP contribution in [-0.4, -0.2) is 38.4 Å². The lowest BCUT2D eigenvalue weighted by Gasteiger charge is -2.16. The van der Waals surface area contributed by atoms with Gasteiger partial charge in [0.25, 0.3) is 0 Å². The summed E-state index contributed by atoms with van der Waals surface area (Å²) in [4.78, 5) is 11.5. The molecule has 0 bridgehead atoms. The Morgan fingerprint density at radius 2 is 1.89 bits per heavy atom. The second-order valence-corrected chi connectivity index (χ2v) is 5.36. The fraction of sp³-hybridized carbons (Fsp3) is 0.933.